The summed E-state index contributed by atoms with van der Waals surface area (Å²) < 4.78 is 1.98. The predicted molar refractivity (Wildman–Crippen MR) is 113 cm³/mol. The molecule has 1 aromatic heterocycles. The Labute approximate surface area is 177 Å². The molecule has 29 heavy (non-hydrogen) atoms. The van der Waals surface area contributed by atoms with Crippen molar-refractivity contribution >= 4 is 35.2 Å². The monoisotopic (exact) mass is 429 g/mol. The molecule has 0 fully saturated rings. The molecule has 3 aromatic rings. The number of nitrogens with one attached hydrogen (secondary N) is 2. The number of aromatic nitrogens is 3. The molecule has 0 aliphatic rings. The third-order valence-corrected chi connectivity index (χ3v) is 5.38. The Balaban J connectivity index is 1.53. The second kappa shape index (κ2) is 10.1. The van der Waals surface area contributed by atoms with E-state index in [4.69, 9.17) is 11.6 Å². The molecule has 0 aliphatic carbocycles. The molecule has 0 bridgehead atoms. The molecule has 7 nitrogen and oxygen atoms in total. The second-order valence-electron chi connectivity index (χ2n) is 6.08. The fourth-order valence-electron chi connectivity index (χ4n) is 2.66. The van der Waals surface area contributed by atoms with E-state index in [0.29, 0.717) is 28.7 Å². The number of halogens is 1. The van der Waals surface area contributed by atoms with Gasteiger partial charge in [-0.25, -0.2) is 0 Å². The molecular formula is C20H20ClN5O2S. The standard InChI is InChI=1S/C20H20ClN5O2S/c1-2-26-17(12-14-8-4-3-5-9-14)22-25-20(26)29-13-18(27)23-24-19(28)15-10-6-7-11-16(15)21/h3-11H,2,12-13H2,1H3,(H,23,27)(H,24,28). The van der Waals surface area contributed by atoms with E-state index >= 15 is 0 Å². The molecule has 150 valence electrons. The summed E-state index contributed by atoms with van der Waals surface area (Å²) in [5, 5.41) is 9.43. The molecule has 0 saturated heterocycles. The summed E-state index contributed by atoms with van der Waals surface area (Å²) in [7, 11) is 0. The summed E-state index contributed by atoms with van der Waals surface area (Å²) in [5.74, 6) is 0.0989. The van der Waals surface area contributed by atoms with Gasteiger partial charge in [0.25, 0.3) is 5.91 Å². The first kappa shape index (κ1) is 20.9. The number of rotatable bonds is 7. The molecule has 0 radical (unpaired) electrons. The van der Waals surface area contributed by atoms with Crippen molar-refractivity contribution in [3.63, 3.8) is 0 Å². The third-order valence-electron chi connectivity index (χ3n) is 4.08. The first-order chi connectivity index (χ1) is 14.1. The Kier molecular flexibility index (Phi) is 7.26. The number of carbonyl (C=O) groups excluding carboxylic acids is 2. The molecule has 0 unspecified atom stereocenters. The Morgan fingerprint density at radius 3 is 2.48 bits per heavy atom. The van der Waals surface area contributed by atoms with Crippen LogP contribution in [-0.4, -0.2) is 32.3 Å². The summed E-state index contributed by atoms with van der Waals surface area (Å²) in [6.07, 6.45) is 0.669. The van der Waals surface area contributed by atoms with Gasteiger partial charge in [-0.3, -0.25) is 20.4 Å². The zero-order valence-corrected chi connectivity index (χ0v) is 17.3. The highest BCUT2D eigenvalue weighted by Crippen LogP contribution is 2.18. The van der Waals surface area contributed by atoms with E-state index in [0.717, 1.165) is 11.4 Å². The lowest BCUT2D eigenvalue weighted by Gasteiger charge is -2.09. The van der Waals surface area contributed by atoms with Gasteiger partial charge in [0, 0.05) is 13.0 Å². The van der Waals surface area contributed by atoms with Crippen molar-refractivity contribution in [3.05, 3.63) is 76.6 Å². The van der Waals surface area contributed by atoms with Gasteiger partial charge in [-0.15, -0.1) is 10.2 Å². The lowest BCUT2D eigenvalue weighted by molar-refractivity contribution is -0.119. The summed E-state index contributed by atoms with van der Waals surface area (Å²) in [6, 6.07) is 16.6. The fourth-order valence-corrected chi connectivity index (χ4v) is 3.70. The highest BCUT2D eigenvalue weighted by Gasteiger charge is 2.15. The molecule has 0 atom stereocenters. The van der Waals surface area contributed by atoms with Crippen LogP contribution in [0, 0.1) is 0 Å². The van der Waals surface area contributed by atoms with Crippen molar-refractivity contribution < 1.29 is 9.59 Å². The van der Waals surface area contributed by atoms with E-state index in [1.165, 1.54) is 11.8 Å². The van der Waals surface area contributed by atoms with E-state index in [2.05, 4.69) is 21.0 Å². The minimum absolute atomic E-state index is 0.0896. The van der Waals surface area contributed by atoms with Gasteiger partial charge in [-0.2, -0.15) is 0 Å². The smallest absolute Gasteiger partial charge is 0.271 e. The van der Waals surface area contributed by atoms with Crippen LogP contribution >= 0.6 is 23.4 Å². The number of benzene rings is 2. The number of nitrogens with zero attached hydrogens (tertiary/aromatic N) is 3. The van der Waals surface area contributed by atoms with Crippen LogP contribution in [-0.2, 0) is 17.8 Å². The number of amides is 2. The molecule has 2 amide bonds. The first-order valence-electron chi connectivity index (χ1n) is 9.01. The fraction of sp³-hybridized carbons (Fsp3) is 0.200. The number of thioether (sulfide) groups is 1. The molecule has 2 N–H and O–H groups in total. The first-order valence-corrected chi connectivity index (χ1v) is 10.4. The van der Waals surface area contributed by atoms with Gasteiger partial charge in [0.1, 0.15) is 5.82 Å². The molecule has 2 aromatic carbocycles. The van der Waals surface area contributed by atoms with E-state index in [1.807, 2.05) is 41.8 Å². The Morgan fingerprint density at radius 2 is 1.76 bits per heavy atom. The number of hydrazine groups is 1. The van der Waals surface area contributed by atoms with Crippen molar-refractivity contribution in [2.24, 2.45) is 0 Å². The van der Waals surface area contributed by atoms with Gasteiger partial charge >= 0.3 is 0 Å². The predicted octanol–water partition coefficient (Wildman–Crippen LogP) is 3.10. The minimum atomic E-state index is -0.476. The van der Waals surface area contributed by atoms with E-state index in [9.17, 15) is 9.59 Å². The van der Waals surface area contributed by atoms with Crippen LogP contribution in [0.15, 0.2) is 59.8 Å². The van der Waals surface area contributed by atoms with Crippen LogP contribution in [0.2, 0.25) is 5.02 Å². The van der Waals surface area contributed by atoms with Crippen LogP contribution in [0.1, 0.15) is 28.7 Å². The molecule has 0 saturated carbocycles. The van der Waals surface area contributed by atoms with Gasteiger partial charge < -0.3 is 4.57 Å². The molecule has 1 heterocycles. The molecular weight excluding hydrogens is 410 g/mol. The van der Waals surface area contributed by atoms with Gasteiger partial charge in [-0.05, 0) is 24.6 Å². The summed E-state index contributed by atoms with van der Waals surface area (Å²) in [5.41, 5.74) is 6.19. The minimum Gasteiger partial charge on any atom is -0.306 e. The van der Waals surface area contributed by atoms with Crippen molar-refractivity contribution in [1.82, 2.24) is 25.6 Å². The zero-order valence-electron chi connectivity index (χ0n) is 15.8. The van der Waals surface area contributed by atoms with Gasteiger partial charge in [0.2, 0.25) is 5.91 Å². The summed E-state index contributed by atoms with van der Waals surface area (Å²) in [6.45, 7) is 2.70. The van der Waals surface area contributed by atoms with Crippen molar-refractivity contribution in [2.75, 3.05) is 5.75 Å². The summed E-state index contributed by atoms with van der Waals surface area (Å²) >= 11 is 7.24. The quantitative estimate of drug-likeness (QED) is 0.445. The van der Waals surface area contributed by atoms with E-state index < -0.39 is 5.91 Å². The molecule has 0 spiro atoms. The number of hydrogen-bond donors (Lipinski definition) is 2. The third kappa shape index (κ3) is 5.58. The van der Waals surface area contributed by atoms with Crippen LogP contribution in [0.5, 0.6) is 0 Å². The van der Waals surface area contributed by atoms with Crippen LogP contribution in [0.3, 0.4) is 0 Å². The van der Waals surface area contributed by atoms with Gasteiger partial charge in [0.05, 0.1) is 16.3 Å². The number of hydrogen-bond acceptors (Lipinski definition) is 5. The van der Waals surface area contributed by atoms with Gasteiger partial charge in [-0.1, -0.05) is 65.8 Å². The average molecular weight is 430 g/mol. The Morgan fingerprint density at radius 1 is 1.03 bits per heavy atom. The largest absolute Gasteiger partial charge is 0.306 e. The topological polar surface area (TPSA) is 88.9 Å². The lowest BCUT2D eigenvalue weighted by atomic mass is 10.1. The molecule has 0 aliphatic heterocycles. The SMILES string of the molecule is CCn1c(Cc2ccccc2)nnc1SCC(=O)NNC(=O)c1ccccc1Cl. The average Bonchev–Trinajstić information content (AvgIpc) is 3.13. The number of carbonyl (C=O) groups is 2. The van der Waals surface area contributed by atoms with Crippen LogP contribution in [0.25, 0.3) is 0 Å². The highest BCUT2D eigenvalue weighted by atomic mass is 35.5. The molecule has 9 heteroatoms. The normalized spacial score (nSPS) is 10.6. The molecule has 3 rings (SSSR count). The van der Waals surface area contributed by atoms with E-state index in [-0.39, 0.29) is 11.7 Å². The van der Waals surface area contributed by atoms with Crippen LogP contribution in [0.4, 0.5) is 0 Å². The maximum Gasteiger partial charge on any atom is 0.271 e. The maximum atomic E-state index is 12.1. The van der Waals surface area contributed by atoms with Gasteiger partial charge in [0.15, 0.2) is 5.16 Å². The maximum absolute atomic E-state index is 12.1. The zero-order chi connectivity index (χ0) is 20.6. The van der Waals surface area contributed by atoms with Crippen molar-refractivity contribution in [1.29, 1.82) is 0 Å². The Bertz CT molecular complexity index is 994. The van der Waals surface area contributed by atoms with Crippen molar-refractivity contribution in [2.45, 2.75) is 25.0 Å². The highest BCUT2D eigenvalue weighted by molar-refractivity contribution is 7.99. The second-order valence-corrected chi connectivity index (χ2v) is 7.43. The Hall–Kier alpha value is -2.84. The van der Waals surface area contributed by atoms with Crippen LogP contribution < -0.4 is 10.9 Å². The summed E-state index contributed by atoms with van der Waals surface area (Å²) in [4.78, 5) is 24.2. The van der Waals surface area contributed by atoms with E-state index in [1.54, 1.807) is 24.3 Å². The van der Waals surface area contributed by atoms with Crippen molar-refractivity contribution in [3.8, 4) is 0 Å². The lowest BCUT2D eigenvalue weighted by Crippen LogP contribution is -2.42.